The Morgan fingerprint density at radius 2 is 2.33 bits per heavy atom. The van der Waals surface area contributed by atoms with Crippen molar-refractivity contribution in [2.75, 3.05) is 0 Å². The molecule has 0 aliphatic heterocycles. The van der Waals surface area contributed by atoms with Crippen molar-refractivity contribution >= 4 is 29.0 Å². The van der Waals surface area contributed by atoms with Crippen molar-refractivity contribution in [3.8, 4) is 0 Å². The largest absolute Gasteiger partial charge is 0.276 e. The first-order valence-corrected chi connectivity index (χ1v) is 3.65. The molecule has 0 bridgehead atoms. The van der Waals surface area contributed by atoms with E-state index in [4.69, 9.17) is 11.6 Å². The molecule has 1 heterocycles. The number of hydrogen-bond acceptors (Lipinski definition) is 3. The first-order chi connectivity index (χ1) is 5.81. The van der Waals surface area contributed by atoms with E-state index in [0.717, 1.165) is 4.68 Å². The smallest absolute Gasteiger partial charge is 0.236 e. The van der Waals surface area contributed by atoms with Crippen molar-refractivity contribution in [3.63, 3.8) is 0 Å². The number of nitrogens with zero attached hydrogens (tertiary/aromatic N) is 3. The van der Waals surface area contributed by atoms with Gasteiger partial charge < -0.3 is 0 Å². The Hall–Kier alpha value is -1.42. The minimum absolute atomic E-state index is 0.584. The fraction of sp³-hybridized carbons (Fsp3) is 0. The lowest BCUT2D eigenvalue weighted by molar-refractivity contribution is 0.540. The summed E-state index contributed by atoms with van der Waals surface area (Å²) >= 11 is 5.71. The molecule has 0 fully saturated rings. The van der Waals surface area contributed by atoms with Crippen molar-refractivity contribution in [3.05, 3.63) is 23.2 Å². The zero-order valence-corrected chi connectivity index (χ0v) is 6.69. The third kappa shape index (κ3) is 0.967. The van der Waals surface area contributed by atoms with E-state index in [-0.39, 0.29) is 0 Å². The fourth-order valence-electron chi connectivity index (χ4n) is 0.993. The molecule has 0 unspecified atom stereocenters. The number of rotatable bonds is 1. The summed E-state index contributed by atoms with van der Waals surface area (Å²) in [6, 6.07) is 5.04. The normalized spacial score (nSPS) is 10.4. The number of aromatic nitrogens is 3. The van der Waals surface area contributed by atoms with E-state index in [1.54, 1.807) is 18.2 Å². The fourth-order valence-corrected chi connectivity index (χ4v) is 1.16. The second-order valence-electron chi connectivity index (χ2n) is 2.27. The highest BCUT2D eigenvalue weighted by molar-refractivity contribution is 6.31. The summed E-state index contributed by atoms with van der Waals surface area (Å²) < 4.78 is 1.16. The molecular formula is C7H4ClN3O. The standard InChI is InChI=1S/C7H4ClN3O/c8-5-1-2-7-6(3-5)9-10-11(7)4-12/h1-4H. The van der Waals surface area contributed by atoms with E-state index >= 15 is 0 Å². The van der Waals surface area contributed by atoms with Gasteiger partial charge in [-0.3, -0.25) is 4.79 Å². The Kier molecular flexibility index (Phi) is 1.55. The minimum atomic E-state index is 0.584. The zero-order valence-electron chi connectivity index (χ0n) is 5.94. The molecule has 2 rings (SSSR count). The number of halogens is 1. The molecule has 0 spiro atoms. The van der Waals surface area contributed by atoms with Crippen molar-refractivity contribution in [2.45, 2.75) is 0 Å². The molecule has 5 heteroatoms. The molecule has 12 heavy (non-hydrogen) atoms. The molecule has 1 aromatic heterocycles. The van der Waals surface area contributed by atoms with E-state index in [0.29, 0.717) is 22.5 Å². The Morgan fingerprint density at radius 3 is 3.08 bits per heavy atom. The summed E-state index contributed by atoms with van der Waals surface area (Å²) in [5.74, 6) is 0. The molecule has 0 saturated heterocycles. The highest BCUT2D eigenvalue weighted by Gasteiger charge is 2.02. The third-order valence-electron chi connectivity index (χ3n) is 1.53. The molecule has 0 saturated carbocycles. The van der Waals surface area contributed by atoms with Crippen LogP contribution in [0, 0.1) is 0 Å². The van der Waals surface area contributed by atoms with Gasteiger partial charge in [0.25, 0.3) is 0 Å². The van der Waals surface area contributed by atoms with Crippen LogP contribution in [0.15, 0.2) is 18.2 Å². The van der Waals surface area contributed by atoms with Gasteiger partial charge in [0.05, 0.1) is 5.52 Å². The van der Waals surface area contributed by atoms with Gasteiger partial charge in [-0.05, 0) is 18.2 Å². The molecule has 0 N–H and O–H groups in total. The second-order valence-corrected chi connectivity index (χ2v) is 2.71. The van der Waals surface area contributed by atoms with Crippen molar-refractivity contribution in [2.24, 2.45) is 0 Å². The van der Waals surface area contributed by atoms with Crippen LogP contribution in [0.4, 0.5) is 0 Å². The molecule has 0 aliphatic rings. The highest BCUT2D eigenvalue weighted by atomic mass is 35.5. The van der Waals surface area contributed by atoms with Crippen LogP contribution in [-0.4, -0.2) is 21.4 Å². The van der Waals surface area contributed by atoms with Crippen LogP contribution in [-0.2, 0) is 4.79 Å². The van der Waals surface area contributed by atoms with Gasteiger partial charge in [0, 0.05) is 5.02 Å². The SMILES string of the molecule is O=Cn1nnc2cc(Cl)ccc21. The molecular weight excluding hydrogens is 178 g/mol. The van der Waals surface area contributed by atoms with Crippen LogP contribution in [0.3, 0.4) is 0 Å². The molecule has 1 aromatic carbocycles. The summed E-state index contributed by atoms with van der Waals surface area (Å²) in [4.78, 5) is 10.4. The predicted molar refractivity (Wildman–Crippen MR) is 44.7 cm³/mol. The summed E-state index contributed by atoms with van der Waals surface area (Å²) in [6.45, 7) is 0. The van der Waals surface area contributed by atoms with Gasteiger partial charge in [-0.2, -0.15) is 4.68 Å². The summed E-state index contributed by atoms with van der Waals surface area (Å²) in [7, 11) is 0. The van der Waals surface area contributed by atoms with Crippen molar-refractivity contribution < 1.29 is 4.79 Å². The van der Waals surface area contributed by atoms with Gasteiger partial charge >= 0.3 is 0 Å². The maximum Gasteiger partial charge on any atom is 0.236 e. The van der Waals surface area contributed by atoms with Crippen LogP contribution in [0.25, 0.3) is 11.0 Å². The molecule has 0 radical (unpaired) electrons. The monoisotopic (exact) mass is 181 g/mol. The van der Waals surface area contributed by atoms with E-state index in [1.165, 1.54) is 0 Å². The van der Waals surface area contributed by atoms with Crippen LogP contribution in [0.2, 0.25) is 5.02 Å². The third-order valence-corrected chi connectivity index (χ3v) is 1.77. The average molecular weight is 182 g/mol. The Labute approximate surface area is 72.7 Å². The molecule has 0 amide bonds. The number of benzene rings is 1. The van der Waals surface area contributed by atoms with E-state index in [1.807, 2.05) is 0 Å². The lowest BCUT2D eigenvalue weighted by Crippen LogP contribution is -1.95. The van der Waals surface area contributed by atoms with Gasteiger partial charge in [-0.1, -0.05) is 16.8 Å². The quantitative estimate of drug-likeness (QED) is 0.620. The Bertz CT molecular complexity index is 437. The first kappa shape index (κ1) is 7.24. The lowest BCUT2D eigenvalue weighted by Gasteiger charge is -1.89. The molecule has 4 nitrogen and oxygen atoms in total. The van der Waals surface area contributed by atoms with Crippen LogP contribution in [0.5, 0.6) is 0 Å². The zero-order chi connectivity index (χ0) is 8.55. The van der Waals surface area contributed by atoms with Crippen LogP contribution < -0.4 is 0 Å². The topological polar surface area (TPSA) is 47.8 Å². The number of hydrogen-bond donors (Lipinski definition) is 0. The van der Waals surface area contributed by atoms with E-state index in [2.05, 4.69) is 10.3 Å². The molecule has 2 aromatic rings. The van der Waals surface area contributed by atoms with E-state index < -0.39 is 0 Å². The highest BCUT2D eigenvalue weighted by Crippen LogP contribution is 2.15. The van der Waals surface area contributed by atoms with Gasteiger partial charge in [0.15, 0.2) is 0 Å². The number of carbonyl (C=O) groups excluding carboxylic acids is 1. The average Bonchev–Trinajstić information content (AvgIpc) is 2.46. The summed E-state index contributed by atoms with van der Waals surface area (Å²) in [6.07, 6.45) is 0.600. The van der Waals surface area contributed by atoms with Crippen LogP contribution in [0.1, 0.15) is 0 Å². The van der Waals surface area contributed by atoms with Crippen molar-refractivity contribution in [1.82, 2.24) is 15.0 Å². The summed E-state index contributed by atoms with van der Waals surface area (Å²) in [5, 5.41) is 7.93. The predicted octanol–water partition coefficient (Wildman–Crippen LogP) is 1.12. The van der Waals surface area contributed by atoms with E-state index in [9.17, 15) is 4.79 Å². The molecule has 0 atom stereocenters. The maximum atomic E-state index is 10.4. The van der Waals surface area contributed by atoms with Gasteiger partial charge in [0.1, 0.15) is 5.52 Å². The van der Waals surface area contributed by atoms with Crippen LogP contribution >= 0.6 is 11.6 Å². The number of carbonyl (C=O) groups is 1. The molecule has 0 aliphatic carbocycles. The van der Waals surface area contributed by atoms with Gasteiger partial charge in [0.2, 0.25) is 6.41 Å². The second kappa shape index (κ2) is 2.57. The molecule has 60 valence electrons. The summed E-state index contributed by atoms with van der Waals surface area (Å²) in [5.41, 5.74) is 1.28. The number of fused-ring (bicyclic) bond motifs is 1. The van der Waals surface area contributed by atoms with Crippen molar-refractivity contribution in [1.29, 1.82) is 0 Å². The van der Waals surface area contributed by atoms with Gasteiger partial charge in [-0.15, -0.1) is 5.10 Å². The van der Waals surface area contributed by atoms with Gasteiger partial charge in [-0.25, -0.2) is 0 Å². The maximum absolute atomic E-state index is 10.4. The minimum Gasteiger partial charge on any atom is -0.276 e. The lowest BCUT2D eigenvalue weighted by atomic mass is 10.3. The Morgan fingerprint density at radius 1 is 1.50 bits per heavy atom. The Balaban J connectivity index is 2.81. The first-order valence-electron chi connectivity index (χ1n) is 3.27.